The van der Waals surface area contributed by atoms with Gasteiger partial charge in [0.15, 0.2) is 0 Å². The minimum atomic E-state index is -1.04. The third-order valence-electron chi connectivity index (χ3n) is 3.09. The molecule has 0 aromatic heterocycles. The topological polar surface area (TPSA) is 32.3 Å². The van der Waals surface area contributed by atoms with Gasteiger partial charge in [-0.2, -0.15) is 0 Å². The molecule has 0 aliphatic carbocycles. The SMILES string of the molecule is CC(CO)(Nc1cccc(F)c1)c1ccc(Br)cc1F. The van der Waals surface area contributed by atoms with Crippen LogP contribution in [0.4, 0.5) is 14.5 Å². The van der Waals surface area contributed by atoms with Gasteiger partial charge in [-0.25, -0.2) is 8.78 Å². The van der Waals surface area contributed by atoms with Crippen molar-refractivity contribution in [3.63, 3.8) is 0 Å². The van der Waals surface area contributed by atoms with Crippen molar-refractivity contribution >= 4 is 21.6 Å². The summed E-state index contributed by atoms with van der Waals surface area (Å²) in [5, 5.41) is 12.6. The molecule has 0 aliphatic heterocycles. The van der Waals surface area contributed by atoms with E-state index in [2.05, 4.69) is 21.2 Å². The Balaban J connectivity index is 2.38. The summed E-state index contributed by atoms with van der Waals surface area (Å²) in [6, 6.07) is 10.4. The Labute approximate surface area is 124 Å². The normalized spacial score (nSPS) is 13.8. The molecule has 0 aliphatic rings. The lowest BCUT2D eigenvalue weighted by Crippen LogP contribution is -2.36. The summed E-state index contributed by atoms with van der Waals surface area (Å²) in [7, 11) is 0. The summed E-state index contributed by atoms with van der Waals surface area (Å²) in [5.41, 5.74) is -0.255. The second-order valence-electron chi connectivity index (χ2n) is 4.75. The van der Waals surface area contributed by atoms with Gasteiger partial charge in [-0.3, -0.25) is 0 Å². The zero-order valence-electron chi connectivity index (χ0n) is 10.8. The summed E-state index contributed by atoms with van der Waals surface area (Å²) in [6.45, 7) is 1.33. The van der Waals surface area contributed by atoms with Crippen molar-refractivity contribution in [1.29, 1.82) is 0 Å². The lowest BCUT2D eigenvalue weighted by atomic mass is 9.92. The highest BCUT2D eigenvalue weighted by Crippen LogP contribution is 2.29. The highest BCUT2D eigenvalue weighted by Gasteiger charge is 2.29. The molecule has 2 rings (SSSR count). The van der Waals surface area contributed by atoms with E-state index in [1.165, 1.54) is 18.2 Å². The Hall–Kier alpha value is -1.46. The maximum absolute atomic E-state index is 14.1. The summed E-state index contributed by atoms with van der Waals surface area (Å²) in [6.07, 6.45) is 0. The molecular weight excluding hydrogens is 328 g/mol. The molecule has 106 valence electrons. The van der Waals surface area contributed by atoms with Crippen molar-refractivity contribution < 1.29 is 13.9 Å². The summed E-state index contributed by atoms with van der Waals surface area (Å²) < 4.78 is 27.9. The minimum Gasteiger partial charge on any atom is -0.394 e. The fraction of sp³-hybridized carbons (Fsp3) is 0.200. The average molecular weight is 342 g/mol. The van der Waals surface area contributed by atoms with E-state index in [0.29, 0.717) is 15.7 Å². The first-order valence-corrected chi connectivity index (χ1v) is 6.84. The summed E-state index contributed by atoms with van der Waals surface area (Å²) >= 11 is 3.19. The molecule has 0 heterocycles. The van der Waals surface area contributed by atoms with Crippen LogP contribution in [0.25, 0.3) is 0 Å². The number of nitrogens with one attached hydrogen (secondary N) is 1. The van der Waals surface area contributed by atoms with Gasteiger partial charge in [-0.1, -0.05) is 28.1 Å². The van der Waals surface area contributed by atoms with Crippen molar-refractivity contribution in [2.75, 3.05) is 11.9 Å². The molecule has 5 heteroatoms. The predicted octanol–water partition coefficient (Wildman–Crippen LogP) is 4.05. The molecule has 0 bridgehead atoms. The number of aliphatic hydroxyl groups is 1. The molecule has 1 unspecified atom stereocenters. The summed E-state index contributed by atoms with van der Waals surface area (Å²) in [4.78, 5) is 0. The van der Waals surface area contributed by atoms with E-state index in [0.717, 1.165) is 0 Å². The van der Waals surface area contributed by atoms with Crippen molar-refractivity contribution in [1.82, 2.24) is 0 Å². The first kappa shape index (κ1) is 14.9. The van der Waals surface area contributed by atoms with Gasteiger partial charge in [0.1, 0.15) is 11.6 Å². The predicted molar refractivity (Wildman–Crippen MR) is 78.6 cm³/mol. The van der Waals surface area contributed by atoms with E-state index >= 15 is 0 Å². The quantitative estimate of drug-likeness (QED) is 0.879. The number of hydrogen-bond donors (Lipinski definition) is 2. The second kappa shape index (κ2) is 5.89. The molecule has 0 fully saturated rings. The molecule has 0 amide bonds. The third kappa shape index (κ3) is 3.16. The molecule has 2 nitrogen and oxygen atoms in total. The van der Waals surface area contributed by atoms with Crippen LogP contribution in [-0.2, 0) is 5.54 Å². The van der Waals surface area contributed by atoms with Gasteiger partial charge in [-0.05, 0) is 37.3 Å². The number of hydrogen-bond acceptors (Lipinski definition) is 2. The Morgan fingerprint density at radius 1 is 1.20 bits per heavy atom. The zero-order valence-corrected chi connectivity index (χ0v) is 12.4. The van der Waals surface area contributed by atoms with Gasteiger partial charge in [-0.15, -0.1) is 0 Å². The van der Waals surface area contributed by atoms with Gasteiger partial charge in [0.25, 0.3) is 0 Å². The van der Waals surface area contributed by atoms with E-state index in [1.807, 2.05) is 0 Å². The van der Waals surface area contributed by atoms with E-state index in [-0.39, 0.29) is 6.61 Å². The van der Waals surface area contributed by atoms with Crippen LogP contribution in [0.5, 0.6) is 0 Å². The molecule has 2 aromatic carbocycles. The molecule has 0 spiro atoms. The number of anilines is 1. The van der Waals surface area contributed by atoms with Crippen molar-refractivity contribution in [2.24, 2.45) is 0 Å². The second-order valence-corrected chi connectivity index (χ2v) is 5.67. The number of benzene rings is 2. The van der Waals surface area contributed by atoms with Crippen LogP contribution in [0.1, 0.15) is 12.5 Å². The largest absolute Gasteiger partial charge is 0.394 e. The van der Waals surface area contributed by atoms with Crippen LogP contribution in [0.15, 0.2) is 46.9 Å². The fourth-order valence-corrected chi connectivity index (χ4v) is 2.35. The Kier molecular flexibility index (Phi) is 4.40. The maximum atomic E-state index is 14.1. The van der Waals surface area contributed by atoms with E-state index in [1.54, 1.807) is 31.2 Å². The Bertz CT molecular complexity index is 621. The van der Waals surface area contributed by atoms with Gasteiger partial charge in [0.05, 0.1) is 12.1 Å². The molecular formula is C15H14BrF2NO. The van der Waals surface area contributed by atoms with Crippen LogP contribution >= 0.6 is 15.9 Å². The van der Waals surface area contributed by atoms with Crippen LogP contribution in [-0.4, -0.2) is 11.7 Å². The Morgan fingerprint density at radius 2 is 1.95 bits per heavy atom. The zero-order chi connectivity index (χ0) is 14.8. The lowest BCUT2D eigenvalue weighted by Gasteiger charge is -2.31. The monoisotopic (exact) mass is 341 g/mol. The van der Waals surface area contributed by atoms with Gasteiger partial charge >= 0.3 is 0 Å². The molecule has 0 saturated heterocycles. The van der Waals surface area contributed by atoms with Gasteiger partial charge < -0.3 is 10.4 Å². The molecule has 20 heavy (non-hydrogen) atoms. The standard InChI is InChI=1S/C15H14BrF2NO/c1-15(9-20,13-6-5-10(16)7-14(13)18)19-12-4-2-3-11(17)8-12/h2-8,19-20H,9H2,1H3. The highest BCUT2D eigenvalue weighted by atomic mass is 79.9. The van der Waals surface area contributed by atoms with Crippen molar-refractivity contribution in [3.05, 3.63) is 64.1 Å². The summed E-state index contributed by atoms with van der Waals surface area (Å²) in [5.74, 6) is -0.841. The maximum Gasteiger partial charge on any atom is 0.129 e. The van der Waals surface area contributed by atoms with Crippen LogP contribution in [0.3, 0.4) is 0 Å². The Morgan fingerprint density at radius 3 is 2.55 bits per heavy atom. The smallest absolute Gasteiger partial charge is 0.129 e. The third-order valence-corrected chi connectivity index (χ3v) is 3.58. The molecule has 1 atom stereocenters. The van der Waals surface area contributed by atoms with Crippen LogP contribution < -0.4 is 5.32 Å². The fourth-order valence-electron chi connectivity index (χ4n) is 2.01. The average Bonchev–Trinajstić information content (AvgIpc) is 2.38. The van der Waals surface area contributed by atoms with E-state index in [9.17, 15) is 13.9 Å². The van der Waals surface area contributed by atoms with E-state index < -0.39 is 17.2 Å². The van der Waals surface area contributed by atoms with Crippen molar-refractivity contribution in [2.45, 2.75) is 12.5 Å². The van der Waals surface area contributed by atoms with Crippen LogP contribution in [0, 0.1) is 11.6 Å². The first-order valence-electron chi connectivity index (χ1n) is 6.05. The number of aliphatic hydroxyl groups excluding tert-OH is 1. The van der Waals surface area contributed by atoms with Crippen LogP contribution in [0.2, 0.25) is 0 Å². The number of halogens is 3. The highest BCUT2D eigenvalue weighted by molar-refractivity contribution is 9.10. The first-order chi connectivity index (χ1) is 9.44. The molecule has 2 N–H and O–H groups in total. The van der Waals surface area contributed by atoms with Gasteiger partial charge in [0, 0.05) is 15.7 Å². The number of rotatable bonds is 4. The lowest BCUT2D eigenvalue weighted by molar-refractivity contribution is 0.220. The molecule has 2 aromatic rings. The van der Waals surface area contributed by atoms with E-state index in [4.69, 9.17) is 0 Å². The van der Waals surface area contributed by atoms with Crippen molar-refractivity contribution in [3.8, 4) is 0 Å². The molecule has 0 radical (unpaired) electrons. The molecule has 0 saturated carbocycles. The minimum absolute atomic E-state index is 0.312. The van der Waals surface area contributed by atoms with Gasteiger partial charge in [0.2, 0.25) is 0 Å².